The molecular formula is C25H25N3O5. The van der Waals surface area contributed by atoms with Gasteiger partial charge in [-0.05, 0) is 49.6 Å². The van der Waals surface area contributed by atoms with Gasteiger partial charge in [-0.3, -0.25) is 9.59 Å². The average Bonchev–Trinajstić information content (AvgIpc) is 3.23. The predicted molar refractivity (Wildman–Crippen MR) is 125 cm³/mol. The molecule has 2 aromatic heterocycles. The van der Waals surface area contributed by atoms with Gasteiger partial charge in [0.05, 0.1) is 6.54 Å². The van der Waals surface area contributed by atoms with E-state index in [2.05, 4.69) is 15.6 Å². The molecule has 0 fully saturated rings. The van der Waals surface area contributed by atoms with Gasteiger partial charge in [0.15, 0.2) is 6.61 Å². The Morgan fingerprint density at radius 1 is 1.00 bits per heavy atom. The summed E-state index contributed by atoms with van der Waals surface area (Å²) in [5, 5.41) is 7.28. The number of carbonyl (C=O) groups excluding carboxylic acids is 2. The number of hydrogen-bond acceptors (Lipinski definition) is 5. The zero-order chi connectivity index (χ0) is 23.4. The minimum Gasteiger partial charge on any atom is -0.484 e. The van der Waals surface area contributed by atoms with Crippen molar-refractivity contribution in [3.05, 3.63) is 75.8 Å². The van der Waals surface area contributed by atoms with Gasteiger partial charge in [0.25, 0.3) is 5.91 Å². The van der Waals surface area contributed by atoms with Crippen molar-refractivity contribution in [3.8, 4) is 5.75 Å². The number of aromatic amines is 1. The predicted octanol–water partition coefficient (Wildman–Crippen LogP) is 2.75. The highest BCUT2D eigenvalue weighted by Crippen LogP contribution is 2.23. The summed E-state index contributed by atoms with van der Waals surface area (Å²) in [4.78, 5) is 39.2. The topological polar surface area (TPSA) is 113 Å². The van der Waals surface area contributed by atoms with Crippen molar-refractivity contribution in [3.63, 3.8) is 0 Å². The van der Waals surface area contributed by atoms with Crippen LogP contribution < -0.4 is 21.0 Å². The fraction of sp³-hybridized carbons (Fsp3) is 0.240. The highest BCUT2D eigenvalue weighted by Gasteiger charge is 2.10. The molecule has 0 aliphatic heterocycles. The van der Waals surface area contributed by atoms with E-state index in [1.807, 2.05) is 37.4 Å². The number of rotatable bonds is 8. The van der Waals surface area contributed by atoms with Crippen molar-refractivity contribution in [2.75, 3.05) is 19.7 Å². The zero-order valence-corrected chi connectivity index (χ0v) is 18.5. The molecule has 3 N–H and O–H groups in total. The first-order chi connectivity index (χ1) is 15.9. The second kappa shape index (κ2) is 9.60. The SMILES string of the molecule is Cc1c(C)c2ccc(OCC(=O)NCC(=O)NCCc3c[nH]c4ccccc34)cc2oc1=O. The van der Waals surface area contributed by atoms with Crippen LogP contribution in [0.25, 0.3) is 21.9 Å². The van der Waals surface area contributed by atoms with Crippen molar-refractivity contribution in [1.29, 1.82) is 0 Å². The third-order valence-electron chi connectivity index (χ3n) is 5.64. The van der Waals surface area contributed by atoms with E-state index in [1.54, 1.807) is 25.1 Å². The lowest BCUT2D eigenvalue weighted by Crippen LogP contribution is -2.39. The maximum atomic E-state index is 12.1. The third kappa shape index (κ3) is 5.06. The lowest BCUT2D eigenvalue weighted by Gasteiger charge is -2.09. The molecule has 4 rings (SSSR count). The van der Waals surface area contributed by atoms with E-state index < -0.39 is 11.5 Å². The van der Waals surface area contributed by atoms with Crippen molar-refractivity contribution in [2.24, 2.45) is 0 Å². The number of fused-ring (bicyclic) bond motifs is 2. The Kier molecular flexibility index (Phi) is 6.44. The van der Waals surface area contributed by atoms with E-state index in [0.29, 0.717) is 29.9 Å². The second-order valence-corrected chi connectivity index (χ2v) is 7.82. The molecule has 0 atom stereocenters. The van der Waals surface area contributed by atoms with Gasteiger partial charge >= 0.3 is 5.63 Å². The molecule has 0 saturated carbocycles. The summed E-state index contributed by atoms with van der Waals surface area (Å²) in [6, 6.07) is 13.1. The third-order valence-corrected chi connectivity index (χ3v) is 5.64. The number of nitrogens with one attached hydrogen (secondary N) is 3. The summed E-state index contributed by atoms with van der Waals surface area (Å²) in [6.45, 7) is 3.64. The van der Waals surface area contributed by atoms with Gasteiger partial charge in [-0.25, -0.2) is 4.79 Å². The molecule has 0 unspecified atom stereocenters. The van der Waals surface area contributed by atoms with E-state index in [9.17, 15) is 14.4 Å². The monoisotopic (exact) mass is 447 g/mol. The van der Waals surface area contributed by atoms with Crippen molar-refractivity contribution in [1.82, 2.24) is 15.6 Å². The van der Waals surface area contributed by atoms with Gasteiger partial charge in [-0.2, -0.15) is 0 Å². The maximum absolute atomic E-state index is 12.1. The van der Waals surface area contributed by atoms with Crippen molar-refractivity contribution < 1.29 is 18.7 Å². The lowest BCUT2D eigenvalue weighted by molar-refractivity contribution is -0.127. The molecule has 8 heteroatoms. The molecule has 0 radical (unpaired) electrons. The van der Waals surface area contributed by atoms with Crippen LogP contribution in [0.5, 0.6) is 5.75 Å². The Labute approximate surface area is 189 Å². The van der Waals surface area contributed by atoms with Crippen LogP contribution >= 0.6 is 0 Å². The fourth-order valence-corrected chi connectivity index (χ4v) is 3.63. The number of para-hydroxylation sites is 1. The molecule has 33 heavy (non-hydrogen) atoms. The van der Waals surface area contributed by atoms with E-state index >= 15 is 0 Å². The highest BCUT2D eigenvalue weighted by atomic mass is 16.5. The summed E-state index contributed by atoms with van der Waals surface area (Å²) < 4.78 is 10.8. The van der Waals surface area contributed by atoms with Crippen molar-refractivity contribution >= 4 is 33.7 Å². The molecule has 2 heterocycles. The van der Waals surface area contributed by atoms with E-state index in [-0.39, 0.29) is 19.1 Å². The van der Waals surface area contributed by atoms with E-state index in [0.717, 1.165) is 27.4 Å². The number of benzene rings is 2. The number of aryl methyl sites for hydroxylation is 1. The summed E-state index contributed by atoms with van der Waals surface area (Å²) >= 11 is 0. The summed E-state index contributed by atoms with van der Waals surface area (Å²) in [7, 11) is 0. The van der Waals surface area contributed by atoms with E-state index in [1.165, 1.54) is 0 Å². The summed E-state index contributed by atoms with van der Waals surface area (Å²) in [6.07, 6.45) is 2.63. The van der Waals surface area contributed by atoms with Gasteiger partial charge in [0.2, 0.25) is 5.91 Å². The quantitative estimate of drug-likeness (QED) is 0.360. The molecule has 2 amide bonds. The molecule has 0 bridgehead atoms. The Bertz CT molecular complexity index is 1390. The number of H-pyrrole nitrogens is 1. The first kappa shape index (κ1) is 22.1. The van der Waals surface area contributed by atoms with Crippen LogP contribution in [-0.4, -0.2) is 36.5 Å². The first-order valence-corrected chi connectivity index (χ1v) is 10.7. The molecule has 4 aromatic rings. The maximum Gasteiger partial charge on any atom is 0.339 e. The highest BCUT2D eigenvalue weighted by molar-refractivity contribution is 5.86. The van der Waals surface area contributed by atoms with Gasteiger partial charge in [0, 0.05) is 40.7 Å². The van der Waals surface area contributed by atoms with Gasteiger partial charge in [-0.15, -0.1) is 0 Å². The number of hydrogen-bond donors (Lipinski definition) is 3. The largest absolute Gasteiger partial charge is 0.484 e. The smallest absolute Gasteiger partial charge is 0.339 e. The minimum absolute atomic E-state index is 0.138. The van der Waals surface area contributed by atoms with Crippen LogP contribution in [0, 0.1) is 13.8 Å². The fourth-order valence-electron chi connectivity index (χ4n) is 3.63. The van der Waals surface area contributed by atoms with Gasteiger partial charge in [-0.1, -0.05) is 18.2 Å². The molecule has 0 aliphatic rings. The molecule has 0 aliphatic carbocycles. The van der Waals surface area contributed by atoms with Crippen LogP contribution in [0.2, 0.25) is 0 Å². The molecular weight excluding hydrogens is 422 g/mol. The van der Waals surface area contributed by atoms with Crippen LogP contribution in [0.15, 0.2) is 57.9 Å². The Morgan fingerprint density at radius 3 is 2.67 bits per heavy atom. The molecule has 0 spiro atoms. The lowest BCUT2D eigenvalue weighted by atomic mass is 10.1. The van der Waals surface area contributed by atoms with Gasteiger partial charge < -0.3 is 24.8 Å². The zero-order valence-electron chi connectivity index (χ0n) is 18.5. The average molecular weight is 447 g/mol. The number of amides is 2. The first-order valence-electron chi connectivity index (χ1n) is 10.7. The van der Waals surface area contributed by atoms with Crippen molar-refractivity contribution in [2.45, 2.75) is 20.3 Å². The number of carbonyl (C=O) groups is 2. The Morgan fingerprint density at radius 2 is 1.82 bits per heavy atom. The second-order valence-electron chi connectivity index (χ2n) is 7.82. The molecule has 0 saturated heterocycles. The Hall–Kier alpha value is -4.07. The van der Waals surface area contributed by atoms with Crippen LogP contribution in [-0.2, 0) is 16.0 Å². The summed E-state index contributed by atoms with van der Waals surface area (Å²) in [5.74, 6) is -0.308. The molecule has 8 nitrogen and oxygen atoms in total. The van der Waals surface area contributed by atoms with Crippen LogP contribution in [0.1, 0.15) is 16.7 Å². The van der Waals surface area contributed by atoms with Crippen LogP contribution in [0.4, 0.5) is 0 Å². The van der Waals surface area contributed by atoms with Gasteiger partial charge in [0.1, 0.15) is 11.3 Å². The standard InChI is InChI=1S/C25H25N3O5/c1-15-16(2)25(31)33-22-11-18(7-8-19(15)22)32-14-24(30)28-13-23(29)26-10-9-17-12-27-21-6-4-3-5-20(17)21/h3-8,11-12,27H,9-10,13-14H2,1-2H3,(H,26,29)(H,28,30). The Balaban J connectivity index is 1.22. The summed E-state index contributed by atoms with van der Waals surface area (Å²) in [5.41, 5.74) is 3.60. The number of aromatic nitrogens is 1. The van der Waals surface area contributed by atoms with E-state index in [4.69, 9.17) is 9.15 Å². The number of ether oxygens (including phenoxy) is 1. The minimum atomic E-state index is -0.427. The molecule has 2 aromatic carbocycles. The van der Waals surface area contributed by atoms with Crippen LogP contribution in [0.3, 0.4) is 0 Å². The molecule has 170 valence electrons. The normalized spacial score (nSPS) is 11.0.